The van der Waals surface area contributed by atoms with Crippen LogP contribution in [0.1, 0.15) is 48.3 Å². The van der Waals surface area contributed by atoms with Crippen LogP contribution < -0.4 is 5.32 Å². The third kappa shape index (κ3) is 4.89. The maximum atomic E-state index is 11.8. The largest absolute Gasteiger partial charge is 0.351 e. The van der Waals surface area contributed by atoms with Gasteiger partial charge >= 0.3 is 0 Å². The Labute approximate surface area is 120 Å². The van der Waals surface area contributed by atoms with Crippen LogP contribution >= 0.6 is 0 Å². The van der Waals surface area contributed by atoms with Gasteiger partial charge in [-0.3, -0.25) is 9.78 Å². The highest BCUT2D eigenvalue weighted by atomic mass is 16.1. The molecule has 1 N–H and O–H groups in total. The Balaban J connectivity index is 1.65. The summed E-state index contributed by atoms with van der Waals surface area (Å²) in [5.41, 5.74) is 1.22. The first kappa shape index (κ1) is 14.9. The summed E-state index contributed by atoms with van der Waals surface area (Å²) in [5, 5.41) is 2.91. The van der Waals surface area contributed by atoms with Crippen molar-refractivity contribution < 1.29 is 4.79 Å². The van der Waals surface area contributed by atoms with E-state index in [4.69, 9.17) is 0 Å². The van der Waals surface area contributed by atoms with E-state index in [0.29, 0.717) is 12.2 Å². The van der Waals surface area contributed by atoms with Crippen molar-refractivity contribution >= 4 is 5.91 Å². The third-order valence-corrected chi connectivity index (χ3v) is 3.65. The highest BCUT2D eigenvalue weighted by Crippen LogP contribution is 2.09. The fraction of sp³-hybridized carbons (Fsp3) is 0.667. The molecule has 20 heavy (non-hydrogen) atoms. The van der Waals surface area contributed by atoms with Crippen molar-refractivity contribution in [2.45, 2.75) is 39.0 Å². The lowest BCUT2D eigenvalue weighted by Gasteiger charge is -2.19. The van der Waals surface area contributed by atoms with Crippen LogP contribution in [0.4, 0.5) is 0 Å². The molecule has 1 aromatic rings. The summed E-state index contributed by atoms with van der Waals surface area (Å²) in [6.07, 6.45) is 9.48. The number of likely N-dealkylation sites (tertiary alicyclic amines) is 1. The second kappa shape index (κ2) is 7.94. The van der Waals surface area contributed by atoms with Crippen LogP contribution in [0.3, 0.4) is 0 Å². The van der Waals surface area contributed by atoms with E-state index >= 15 is 0 Å². The first-order valence-electron chi connectivity index (χ1n) is 7.55. The van der Waals surface area contributed by atoms with Crippen LogP contribution in [0.2, 0.25) is 0 Å². The highest BCUT2D eigenvalue weighted by molar-refractivity contribution is 5.91. The molecule has 1 fully saturated rings. The average molecular weight is 276 g/mol. The molecular weight excluding hydrogens is 252 g/mol. The van der Waals surface area contributed by atoms with Crippen LogP contribution in [0.25, 0.3) is 0 Å². The number of carbonyl (C=O) groups excluding carboxylic acids is 1. The first-order valence-corrected chi connectivity index (χ1v) is 7.55. The third-order valence-electron chi connectivity index (χ3n) is 3.65. The molecule has 1 aliphatic heterocycles. The van der Waals surface area contributed by atoms with Gasteiger partial charge in [0.05, 0.1) is 11.9 Å². The lowest BCUT2D eigenvalue weighted by atomic mass is 10.2. The van der Waals surface area contributed by atoms with Crippen LogP contribution in [-0.4, -0.2) is 47.0 Å². The predicted octanol–water partition coefficient (Wildman–Crippen LogP) is 1.78. The summed E-state index contributed by atoms with van der Waals surface area (Å²) < 4.78 is 0. The van der Waals surface area contributed by atoms with E-state index in [9.17, 15) is 4.79 Å². The monoisotopic (exact) mass is 276 g/mol. The van der Waals surface area contributed by atoms with Gasteiger partial charge in [0.25, 0.3) is 5.91 Å². The number of amides is 1. The number of nitrogens with zero attached hydrogens (tertiary/aromatic N) is 3. The van der Waals surface area contributed by atoms with Crippen LogP contribution in [0.5, 0.6) is 0 Å². The summed E-state index contributed by atoms with van der Waals surface area (Å²) >= 11 is 0. The molecule has 0 aliphatic carbocycles. The maximum absolute atomic E-state index is 11.8. The molecule has 0 unspecified atom stereocenters. The van der Waals surface area contributed by atoms with Crippen molar-refractivity contribution in [3.8, 4) is 0 Å². The van der Waals surface area contributed by atoms with Gasteiger partial charge in [0, 0.05) is 12.7 Å². The quantitative estimate of drug-likeness (QED) is 0.833. The molecule has 2 heterocycles. The van der Waals surface area contributed by atoms with E-state index in [1.165, 1.54) is 45.0 Å². The number of carbonyl (C=O) groups is 1. The molecule has 1 amide bonds. The zero-order chi connectivity index (χ0) is 14.2. The van der Waals surface area contributed by atoms with Crippen molar-refractivity contribution in [2.24, 2.45) is 0 Å². The molecule has 0 atom stereocenters. The minimum atomic E-state index is -0.131. The van der Waals surface area contributed by atoms with Crippen molar-refractivity contribution in [1.82, 2.24) is 20.2 Å². The minimum absolute atomic E-state index is 0.131. The Morgan fingerprint density at radius 2 is 1.95 bits per heavy atom. The summed E-state index contributed by atoms with van der Waals surface area (Å²) in [6.45, 7) is 6.04. The molecule has 0 bridgehead atoms. The molecule has 1 saturated heterocycles. The molecule has 110 valence electrons. The molecule has 0 saturated carbocycles. The predicted molar refractivity (Wildman–Crippen MR) is 78.6 cm³/mol. The van der Waals surface area contributed by atoms with Crippen LogP contribution in [0, 0.1) is 6.92 Å². The molecule has 0 radical (unpaired) electrons. The number of aryl methyl sites for hydroxylation is 1. The van der Waals surface area contributed by atoms with Gasteiger partial charge in [0.15, 0.2) is 0 Å². The average Bonchev–Trinajstić information content (AvgIpc) is 2.73. The van der Waals surface area contributed by atoms with Gasteiger partial charge in [-0.1, -0.05) is 12.8 Å². The minimum Gasteiger partial charge on any atom is -0.351 e. The Bertz CT molecular complexity index is 410. The SMILES string of the molecule is Cc1cnc(C(=O)NCCCN2CCCCCC2)cn1. The first-order chi connectivity index (χ1) is 9.75. The smallest absolute Gasteiger partial charge is 0.271 e. The Morgan fingerprint density at radius 3 is 2.60 bits per heavy atom. The Hall–Kier alpha value is -1.49. The van der Waals surface area contributed by atoms with Crippen LogP contribution in [0.15, 0.2) is 12.4 Å². The fourth-order valence-corrected chi connectivity index (χ4v) is 2.46. The van der Waals surface area contributed by atoms with E-state index in [2.05, 4.69) is 20.2 Å². The van der Waals surface area contributed by atoms with Gasteiger partial charge in [0.2, 0.25) is 0 Å². The normalized spacial score (nSPS) is 16.6. The maximum Gasteiger partial charge on any atom is 0.271 e. The molecule has 5 nitrogen and oxygen atoms in total. The zero-order valence-electron chi connectivity index (χ0n) is 12.3. The lowest BCUT2D eigenvalue weighted by molar-refractivity contribution is 0.0946. The lowest BCUT2D eigenvalue weighted by Crippen LogP contribution is -2.31. The second-order valence-electron chi connectivity index (χ2n) is 5.41. The van der Waals surface area contributed by atoms with Crippen molar-refractivity contribution in [1.29, 1.82) is 0 Å². The number of aromatic nitrogens is 2. The molecule has 0 aromatic carbocycles. The van der Waals surface area contributed by atoms with E-state index < -0.39 is 0 Å². The van der Waals surface area contributed by atoms with Gasteiger partial charge in [0.1, 0.15) is 5.69 Å². The van der Waals surface area contributed by atoms with Gasteiger partial charge in [-0.15, -0.1) is 0 Å². The van der Waals surface area contributed by atoms with E-state index in [1.807, 2.05) is 6.92 Å². The summed E-state index contributed by atoms with van der Waals surface area (Å²) in [6, 6.07) is 0. The van der Waals surface area contributed by atoms with Gasteiger partial charge < -0.3 is 10.2 Å². The fourth-order valence-electron chi connectivity index (χ4n) is 2.46. The number of hydrogen-bond acceptors (Lipinski definition) is 4. The van der Waals surface area contributed by atoms with E-state index in [0.717, 1.165) is 18.7 Å². The standard InChI is InChI=1S/C15H24N4O/c1-13-11-18-14(12-17-13)15(20)16-7-6-10-19-8-4-2-3-5-9-19/h11-12H,2-10H2,1H3,(H,16,20). The Morgan fingerprint density at radius 1 is 1.20 bits per heavy atom. The second-order valence-corrected chi connectivity index (χ2v) is 5.41. The molecule has 5 heteroatoms. The number of rotatable bonds is 5. The van der Waals surface area contributed by atoms with Crippen molar-refractivity contribution in [3.05, 3.63) is 23.8 Å². The Kier molecular flexibility index (Phi) is 5.92. The highest BCUT2D eigenvalue weighted by Gasteiger charge is 2.09. The van der Waals surface area contributed by atoms with Crippen molar-refractivity contribution in [2.75, 3.05) is 26.2 Å². The van der Waals surface area contributed by atoms with Crippen LogP contribution in [-0.2, 0) is 0 Å². The van der Waals surface area contributed by atoms with E-state index in [1.54, 1.807) is 6.20 Å². The molecule has 1 aliphatic rings. The van der Waals surface area contributed by atoms with Gasteiger partial charge in [-0.2, -0.15) is 0 Å². The van der Waals surface area contributed by atoms with Gasteiger partial charge in [-0.05, 0) is 45.8 Å². The summed E-state index contributed by atoms with van der Waals surface area (Å²) in [5.74, 6) is -0.131. The number of nitrogens with one attached hydrogen (secondary N) is 1. The van der Waals surface area contributed by atoms with Crippen molar-refractivity contribution in [3.63, 3.8) is 0 Å². The molecular formula is C15H24N4O. The molecule has 1 aromatic heterocycles. The molecule has 2 rings (SSSR count). The zero-order valence-corrected chi connectivity index (χ0v) is 12.3. The topological polar surface area (TPSA) is 58.1 Å². The molecule has 0 spiro atoms. The number of hydrogen-bond donors (Lipinski definition) is 1. The van der Waals surface area contributed by atoms with Gasteiger partial charge in [-0.25, -0.2) is 4.98 Å². The summed E-state index contributed by atoms with van der Waals surface area (Å²) in [4.78, 5) is 22.5. The van der Waals surface area contributed by atoms with E-state index in [-0.39, 0.29) is 5.91 Å². The summed E-state index contributed by atoms with van der Waals surface area (Å²) in [7, 11) is 0.